The van der Waals surface area contributed by atoms with Crippen LogP contribution in [0.15, 0.2) is 65.0 Å². The van der Waals surface area contributed by atoms with Crippen LogP contribution in [0.1, 0.15) is 18.2 Å². The van der Waals surface area contributed by atoms with Gasteiger partial charge in [-0.2, -0.15) is 0 Å². The first-order valence-corrected chi connectivity index (χ1v) is 9.31. The van der Waals surface area contributed by atoms with Crippen LogP contribution < -0.4 is 0 Å². The van der Waals surface area contributed by atoms with Gasteiger partial charge in [0, 0.05) is 24.4 Å². The Balaban J connectivity index is 2.00. The minimum absolute atomic E-state index is 0.00742. The lowest BCUT2D eigenvalue weighted by molar-refractivity contribution is -0.384. The molecule has 2 heterocycles. The first-order valence-electron chi connectivity index (χ1n) is 8.49. The second-order valence-corrected chi connectivity index (χ2v) is 7.07. The molecule has 0 aliphatic carbocycles. The van der Waals surface area contributed by atoms with Gasteiger partial charge in [0.05, 0.1) is 9.83 Å². The smallest absolute Gasteiger partial charge is 0.269 e. The van der Waals surface area contributed by atoms with E-state index in [1.165, 1.54) is 23.9 Å². The molecule has 3 rings (SSSR count). The van der Waals surface area contributed by atoms with Gasteiger partial charge in [0.2, 0.25) is 0 Å². The van der Waals surface area contributed by atoms with Crippen molar-refractivity contribution in [1.29, 1.82) is 0 Å². The first-order chi connectivity index (χ1) is 13.4. The molecule has 142 valence electrons. The number of aryl methyl sites for hydroxylation is 1. The maximum Gasteiger partial charge on any atom is 0.269 e. The Kier molecular flexibility index (Phi) is 5.70. The van der Waals surface area contributed by atoms with Gasteiger partial charge in [0.15, 0.2) is 11.0 Å². The van der Waals surface area contributed by atoms with Crippen LogP contribution in [0.25, 0.3) is 5.57 Å². The van der Waals surface area contributed by atoms with Gasteiger partial charge in [-0.05, 0) is 61.0 Å². The first kappa shape index (κ1) is 19.5. The van der Waals surface area contributed by atoms with Crippen molar-refractivity contribution < 1.29 is 9.72 Å². The van der Waals surface area contributed by atoms with Crippen LogP contribution in [-0.4, -0.2) is 32.4 Å². The molecule has 0 unspecified atom stereocenters. The fourth-order valence-corrected chi connectivity index (χ4v) is 3.72. The Morgan fingerprint density at radius 2 is 2.04 bits per heavy atom. The normalized spacial score (nSPS) is 17.1. The summed E-state index contributed by atoms with van der Waals surface area (Å²) in [5, 5.41) is 11.4. The SMILES string of the molecule is C=CCN1C(=O)/C(=C(\C)c2ccc([N+](=O)[O-])cc2)S/C1=N/c1cccc(C)n1. The number of thioether (sulfide) groups is 1. The molecule has 0 atom stereocenters. The Hall–Kier alpha value is -3.26. The molecule has 1 aromatic carbocycles. The molecule has 0 spiro atoms. The molecule has 1 aliphatic heterocycles. The zero-order valence-electron chi connectivity index (χ0n) is 15.5. The third-order valence-corrected chi connectivity index (χ3v) is 5.29. The van der Waals surface area contributed by atoms with E-state index in [0.29, 0.717) is 22.4 Å². The van der Waals surface area contributed by atoms with Crippen molar-refractivity contribution in [2.45, 2.75) is 13.8 Å². The van der Waals surface area contributed by atoms with Crippen LogP contribution in [0, 0.1) is 17.0 Å². The quantitative estimate of drug-likeness (QED) is 0.323. The Morgan fingerprint density at radius 3 is 2.64 bits per heavy atom. The number of hydrogen-bond acceptors (Lipinski definition) is 6. The number of pyridine rings is 1. The van der Waals surface area contributed by atoms with Gasteiger partial charge in [-0.1, -0.05) is 12.1 Å². The number of nitro benzene ring substituents is 1. The zero-order valence-corrected chi connectivity index (χ0v) is 16.3. The zero-order chi connectivity index (χ0) is 20.3. The van der Waals surface area contributed by atoms with Gasteiger partial charge < -0.3 is 0 Å². The monoisotopic (exact) mass is 394 g/mol. The van der Waals surface area contributed by atoms with Crippen molar-refractivity contribution >= 4 is 39.9 Å². The number of amides is 1. The molecule has 1 saturated heterocycles. The highest BCUT2D eigenvalue weighted by Crippen LogP contribution is 2.37. The summed E-state index contributed by atoms with van der Waals surface area (Å²) in [6.45, 7) is 7.74. The predicted molar refractivity (Wildman–Crippen MR) is 111 cm³/mol. The van der Waals surface area contributed by atoms with Gasteiger partial charge in [-0.25, -0.2) is 9.98 Å². The number of aromatic nitrogens is 1. The summed E-state index contributed by atoms with van der Waals surface area (Å²) >= 11 is 1.27. The van der Waals surface area contributed by atoms with Crippen molar-refractivity contribution in [3.63, 3.8) is 0 Å². The van der Waals surface area contributed by atoms with Crippen molar-refractivity contribution in [3.05, 3.63) is 81.4 Å². The number of aliphatic imine (C=N–C) groups is 1. The van der Waals surface area contributed by atoms with Gasteiger partial charge in [0.1, 0.15) is 0 Å². The second kappa shape index (κ2) is 8.18. The number of nitro groups is 1. The average Bonchev–Trinajstić information content (AvgIpc) is 2.97. The molecule has 1 aliphatic rings. The summed E-state index contributed by atoms with van der Waals surface area (Å²) in [6, 6.07) is 11.7. The number of carbonyl (C=O) groups excluding carboxylic acids is 1. The molecule has 7 nitrogen and oxygen atoms in total. The molecule has 8 heteroatoms. The van der Waals surface area contributed by atoms with Crippen LogP contribution in [-0.2, 0) is 4.79 Å². The number of amidine groups is 1. The predicted octanol–water partition coefficient (Wildman–Crippen LogP) is 4.48. The summed E-state index contributed by atoms with van der Waals surface area (Å²) in [5.74, 6) is 0.353. The summed E-state index contributed by atoms with van der Waals surface area (Å²) in [7, 11) is 0. The number of carbonyl (C=O) groups is 1. The number of hydrogen-bond donors (Lipinski definition) is 0. The minimum Gasteiger partial charge on any atom is -0.282 e. The number of benzene rings is 1. The van der Waals surface area contributed by atoms with E-state index < -0.39 is 4.92 Å². The molecule has 1 aromatic heterocycles. The summed E-state index contributed by atoms with van der Waals surface area (Å²) < 4.78 is 0. The summed E-state index contributed by atoms with van der Waals surface area (Å²) in [5.41, 5.74) is 2.33. The maximum absolute atomic E-state index is 12.9. The number of nitrogens with zero attached hydrogens (tertiary/aromatic N) is 4. The van der Waals surface area contributed by atoms with Crippen LogP contribution in [0.4, 0.5) is 11.5 Å². The fraction of sp³-hybridized carbons (Fsp3) is 0.150. The Bertz CT molecular complexity index is 1010. The van der Waals surface area contributed by atoms with E-state index in [2.05, 4.69) is 16.6 Å². The van der Waals surface area contributed by atoms with E-state index in [1.54, 1.807) is 29.2 Å². The van der Waals surface area contributed by atoms with E-state index in [1.807, 2.05) is 26.0 Å². The summed E-state index contributed by atoms with van der Waals surface area (Å²) in [6.07, 6.45) is 1.64. The van der Waals surface area contributed by atoms with Crippen molar-refractivity contribution in [1.82, 2.24) is 9.88 Å². The number of allylic oxidation sites excluding steroid dienone is 1. The largest absolute Gasteiger partial charge is 0.282 e. The third kappa shape index (κ3) is 4.01. The minimum atomic E-state index is -0.451. The fourth-order valence-electron chi connectivity index (χ4n) is 2.66. The molecule has 28 heavy (non-hydrogen) atoms. The van der Waals surface area contributed by atoms with E-state index in [4.69, 9.17) is 0 Å². The topological polar surface area (TPSA) is 88.7 Å². The van der Waals surface area contributed by atoms with E-state index in [-0.39, 0.29) is 11.6 Å². The van der Waals surface area contributed by atoms with Crippen LogP contribution >= 0.6 is 11.8 Å². The van der Waals surface area contributed by atoms with E-state index >= 15 is 0 Å². The lowest BCUT2D eigenvalue weighted by Gasteiger charge is -2.12. The van der Waals surface area contributed by atoms with Gasteiger partial charge in [-0.15, -0.1) is 6.58 Å². The molecule has 1 fully saturated rings. The highest BCUT2D eigenvalue weighted by molar-refractivity contribution is 8.18. The lowest BCUT2D eigenvalue weighted by Crippen LogP contribution is -2.29. The van der Waals surface area contributed by atoms with Crippen molar-refractivity contribution in [2.24, 2.45) is 4.99 Å². The molecular formula is C20H18N4O3S. The standard InChI is InChI=1S/C20H18N4O3S/c1-4-12-23-19(25)18(14(3)15-8-10-16(11-9-15)24(26)27)28-20(23)22-17-7-5-6-13(2)21-17/h4-11H,1,12H2,2-3H3/b18-14-,22-20+. The number of non-ortho nitro benzene ring substituents is 1. The van der Waals surface area contributed by atoms with E-state index in [0.717, 1.165) is 16.8 Å². The van der Waals surface area contributed by atoms with Gasteiger partial charge in [0.25, 0.3) is 11.6 Å². The summed E-state index contributed by atoms with van der Waals surface area (Å²) in [4.78, 5) is 34.3. The second-order valence-electron chi connectivity index (χ2n) is 6.10. The molecule has 0 saturated carbocycles. The highest BCUT2D eigenvalue weighted by atomic mass is 32.2. The van der Waals surface area contributed by atoms with E-state index in [9.17, 15) is 14.9 Å². The van der Waals surface area contributed by atoms with Crippen LogP contribution in [0.2, 0.25) is 0 Å². The molecular weight excluding hydrogens is 376 g/mol. The van der Waals surface area contributed by atoms with Crippen molar-refractivity contribution in [2.75, 3.05) is 6.54 Å². The third-order valence-electron chi connectivity index (χ3n) is 4.11. The molecule has 0 bridgehead atoms. The van der Waals surface area contributed by atoms with Crippen LogP contribution in [0.3, 0.4) is 0 Å². The number of rotatable bonds is 5. The maximum atomic E-state index is 12.9. The van der Waals surface area contributed by atoms with Crippen molar-refractivity contribution in [3.8, 4) is 0 Å². The average molecular weight is 394 g/mol. The van der Waals surface area contributed by atoms with Gasteiger partial charge in [-0.3, -0.25) is 19.8 Å². The van der Waals surface area contributed by atoms with Gasteiger partial charge >= 0.3 is 0 Å². The highest BCUT2D eigenvalue weighted by Gasteiger charge is 2.34. The lowest BCUT2D eigenvalue weighted by atomic mass is 10.1. The molecule has 0 N–H and O–H groups in total. The Labute approximate surface area is 166 Å². The Morgan fingerprint density at radius 1 is 1.32 bits per heavy atom. The van der Waals surface area contributed by atoms with Crippen LogP contribution in [0.5, 0.6) is 0 Å². The molecule has 2 aromatic rings. The molecule has 1 amide bonds. The molecule has 0 radical (unpaired) electrons.